The van der Waals surface area contributed by atoms with Crippen LogP contribution in [0.2, 0.25) is 0 Å². The van der Waals surface area contributed by atoms with Crippen LogP contribution in [-0.4, -0.2) is 27.6 Å². The first-order chi connectivity index (χ1) is 12.0. The molecule has 1 atom stereocenters. The van der Waals surface area contributed by atoms with Crippen molar-refractivity contribution in [2.75, 3.05) is 0 Å². The van der Waals surface area contributed by atoms with Gasteiger partial charge < -0.3 is 15.0 Å². The van der Waals surface area contributed by atoms with Gasteiger partial charge in [0.25, 0.3) is 5.91 Å². The number of rotatable bonds is 5. The van der Waals surface area contributed by atoms with Crippen molar-refractivity contribution >= 4 is 22.8 Å². The highest BCUT2D eigenvalue weighted by Crippen LogP contribution is 2.20. The first-order valence-corrected chi connectivity index (χ1v) is 8.09. The fourth-order valence-corrected chi connectivity index (χ4v) is 2.97. The standard InChI is InChI=1S/C20H20N2O3/c1-13-8-9-17-15(10-13)12-18(22(17)2)19(23)21-16(20(24)25)11-14-6-4-3-5-7-14/h3-10,12,16H,11H2,1-2H3,(H,21,23)(H,24,25). The van der Waals surface area contributed by atoms with Crippen LogP contribution in [0.4, 0.5) is 0 Å². The van der Waals surface area contributed by atoms with Crippen molar-refractivity contribution in [2.24, 2.45) is 7.05 Å². The maximum absolute atomic E-state index is 12.6. The van der Waals surface area contributed by atoms with Crippen molar-refractivity contribution in [3.63, 3.8) is 0 Å². The first kappa shape index (κ1) is 16.8. The molecule has 0 aliphatic heterocycles. The van der Waals surface area contributed by atoms with E-state index in [0.717, 1.165) is 22.0 Å². The van der Waals surface area contributed by atoms with Crippen LogP contribution >= 0.6 is 0 Å². The number of carboxylic acid groups (broad SMARTS) is 1. The molecule has 2 N–H and O–H groups in total. The smallest absolute Gasteiger partial charge is 0.326 e. The molecule has 25 heavy (non-hydrogen) atoms. The highest BCUT2D eigenvalue weighted by Gasteiger charge is 2.23. The third-order valence-electron chi connectivity index (χ3n) is 4.32. The molecule has 0 spiro atoms. The minimum Gasteiger partial charge on any atom is -0.480 e. The highest BCUT2D eigenvalue weighted by atomic mass is 16.4. The molecule has 3 aromatic rings. The summed E-state index contributed by atoms with van der Waals surface area (Å²) in [5, 5.41) is 13.1. The van der Waals surface area contributed by atoms with Crippen LogP contribution < -0.4 is 5.32 Å². The van der Waals surface area contributed by atoms with Gasteiger partial charge >= 0.3 is 5.97 Å². The van der Waals surface area contributed by atoms with Crippen LogP contribution in [0.1, 0.15) is 21.6 Å². The predicted molar refractivity (Wildman–Crippen MR) is 96.7 cm³/mol. The summed E-state index contributed by atoms with van der Waals surface area (Å²) < 4.78 is 1.78. The normalized spacial score (nSPS) is 12.1. The average molecular weight is 336 g/mol. The second-order valence-electron chi connectivity index (χ2n) is 6.20. The number of benzene rings is 2. The van der Waals surface area contributed by atoms with Crippen molar-refractivity contribution in [3.05, 3.63) is 71.4 Å². The molecule has 128 valence electrons. The number of amides is 1. The topological polar surface area (TPSA) is 71.3 Å². The van der Waals surface area contributed by atoms with Crippen LogP contribution in [-0.2, 0) is 18.3 Å². The number of nitrogens with one attached hydrogen (secondary N) is 1. The number of aryl methyl sites for hydroxylation is 2. The Hall–Kier alpha value is -3.08. The Bertz CT molecular complexity index is 929. The monoisotopic (exact) mass is 336 g/mol. The molecule has 5 heteroatoms. The Kier molecular flexibility index (Phi) is 4.57. The van der Waals surface area contributed by atoms with E-state index in [0.29, 0.717) is 5.69 Å². The molecule has 2 aromatic carbocycles. The maximum Gasteiger partial charge on any atom is 0.326 e. The Balaban J connectivity index is 1.84. The number of carbonyl (C=O) groups excluding carboxylic acids is 1. The van der Waals surface area contributed by atoms with E-state index in [4.69, 9.17) is 0 Å². The molecule has 1 aromatic heterocycles. The van der Waals surface area contributed by atoms with Crippen molar-refractivity contribution in [1.82, 2.24) is 9.88 Å². The molecule has 0 bridgehead atoms. The third-order valence-corrected chi connectivity index (χ3v) is 4.32. The van der Waals surface area contributed by atoms with Crippen LogP contribution in [0.3, 0.4) is 0 Å². The van der Waals surface area contributed by atoms with E-state index in [1.807, 2.05) is 55.5 Å². The van der Waals surface area contributed by atoms with E-state index < -0.39 is 12.0 Å². The van der Waals surface area contributed by atoms with Crippen LogP contribution in [0, 0.1) is 6.92 Å². The van der Waals surface area contributed by atoms with Gasteiger partial charge in [-0.05, 0) is 30.7 Å². The molecule has 0 saturated carbocycles. The molecule has 0 fully saturated rings. The third kappa shape index (κ3) is 3.55. The summed E-state index contributed by atoms with van der Waals surface area (Å²) >= 11 is 0. The molecular weight excluding hydrogens is 316 g/mol. The maximum atomic E-state index is 12.6. The van der Waals surface area contributed by atoms with Crippen LogP contribution in [0.15, 0.2) is 54.6 Å². The lowest BCUT2D eigenvalue weighted by molar-refractivity contribution is -0.139. The number of aliphatic carboxylic acids is 1. The second kappa shape index (κ2) is 6.81. The quantitative estimate of drug-likeness (QED) is 0.752. The summed E-state index contributed by atoms with van der Waals surface area (Å²) in [7, 11) is 1.81. The van der Waals surface area contributed by atoms with Crippen molar-refractivity contribution < 1.29 is 14.7 Å². The van der Waals surface area contributed by atoms with Gasteiger partial charge in [0.15, 0.2) is 0 Å². The molecule has 0 aliphatic carbocycles. The van der Waals surface area contributed by atoms with Crippen molar-refractivity contribution in [3.8, 4) is 0 Å². The summed E-state index contributed by atoms with van der Waals surface area (Å²) in [6.07, 6.45) is 0.241. The lowest BCUT2D eigenvalue weighted by atomic mass is 10.1. The van der Waals surface area contributed by atoms with Crippen molar-refractivity contribution in [1.29, 1.82) is 0 Å². The molecule has 1 unspecified atom stereocenters. The first-order valence-electron chi connectivity index (χ1n) is 8.09. The molecular formula is C20H20N2O3. The van der Waals surface area contributed by atoms with E-state index in [-0.39, 0.29) is 12.3 Å². The van der Waals surface area contributed by atoms with Crippen LogP contribution in [0.5, 0.6) is 0 Å². The zero-order chi connectivity index (χ0) is 18.0. The predicted octanol–water partition coefficient (Wildman–Crippen LogP) is 2.91. The molecule has 1 amide bonds. The van der Waals surface area contributed by atoms with Gasteiger partial charge in [0, 0.05) is 24.4 Å². The van der Waals surface area contributed by atoms with Gasteiger partial charge in [-0.1, -0.05) is 42.0 Å². The van der Waals surface area contributed by atoms with Gasteiger partial charge in [-0.15, -0.1) is 0 Å². The zero-order valence-electron chi connectivity index (χ0n) is 14.2. The summed E-state index contributed by atoms with van der Waals surface area (Å²) in [4.78, 5) is 24.2. The number of aromatic nitrogens is 1. The van der Waals surface area contributed by atoms with E-state index in [2.05, 4.69) is 5.32 Å². The number of carbonyl (C=O) groups is 2. The minimum atomic E-state index is -1.05. The van der Waals surface area contributed by atoms with Gasteiger partial charge in [0.05, 0.1) is 0 Å². The van der Waals surface area contributed by atoms with Crippen LogP contribution in [0.25, 0.3) is 10.9 Å². The Morgan fingerprint density at radius 2 is 1.84 bits per heavy atom. The second-order valence-corrected chi connectivity index (χ2v) is 6.20. The number of fused-ring (bicyclic) bond motifs is 1. The Morgan fingerprint density at radius 1 is 1.12 bits per heavy atom. The number of nitrogens with zero attached hydrogens (tertiary/aromatic N) is 1. The summed E-state index contributed by atoms with van der Waals surface area (Å²) in [6.45, 7) is 1.99. The summed E-state index contributed by atoms with van der Waals surface area (Å²) in [6, 6.07) is 16.0. The summed E-state index contributed by atoms with van der Waals surface area (Å²) in [5.41, 5.74) is 3.35. The van der Waals surface area contributed by atoms with E-state index in [1.165, 1.54) is 0 Å². The average Bonchev–Trinajstić information content (AvgIpc) is 2.91. The fourth-order valence-electron chi connectivity index (χ4n) is 2.97. The minimum absolute atomic E-state index is 0.241. The molecule has 3 rings (SSSR count). The van der Waals surface area contributed by atoms with Gasteiger partial charge in [0.1, 0.15) is 11.7 Å². The van der Waals surface area contributed by atoms with Crippen molar-refractivity contribution in [2.45, 2.75) is 19.4 Å². The molecule has 1 heterocycles. The Labute approximate surface area is 145 Å². The highest BCUT2D eigenvalue weighted by molar-refractivity contribution is 6.00. The lowest BCUT2D eigenvalue weighted by Gasteiger charge is -2.15. The van der Waals surface area contributed by atoms with E-state index in [9.17, 15) is 14.7 Å². The Morgan fingerprint density at radius 3 is 2.52 bits per heavy atom. The number of carboxylic acids is 1. The van der Waals surface area contributed by atoms with Gasteiger partial charge in [-0.25, -0.2) is 4.79 Å². The summed E-state index contributed by atoms with van der Waals surface area (Å²) in [5.74, 6) is -1.44. The number of hydrogen-bond donors (Lipinski definition) is 2. The molecule has 5 nitrogen and oxygen atoms in total. The zero-order valence-corrected chi connectivity index (χ0v) is 14.2. The molecule has 0 radical (unpaired) electrons. The van der Waals surface area contributed by atoms with Gasteiger partial charge in [0.2, 0.25) is 0 Å². The largest absolute Gasteiger partial charge is 0.480 e. The lowest BCUT2D eigenvalue weighted by Crippen LogP contribution is -2.42. The van der Waals surface area contributed by atoms with E-state index >= 15 is 0 Å². The van der Waals surface area contributed by atoms with E-state index in [1.54, 1.807) is 17.7 Å². The fraction of sp³-hybridized carbons (Fsp3) is 0.200. The number of hydrogen-bond acceptors (Lipinski definition) is 2. The molecule has 0 saturated heterocycles. The van der Waals surface area contributed by atoms with Gasteiger partial charge in [-0.2, -0.15) is 0 Å². The molecule has 0 aliphatic rings. The SMILES string of the molecule is Cc1ccc2c(c1)cc(C(=O)NC(Cc1ccccc1)C(=O)O)n2C. The van der Waals surface area contributed by atoms with Gasteiger partial charge in [-0.3, -0.25) is 4.79 Å².